The summed E-state index contributed by atoms with van der Waals surface area (Å²) in [5, 5.41) is 152. The second-order valence-electron chi connectivity index (χ2n) is 34.6. The Balaban J connectivity index is 0.000000132. The minimum atomic E-state index is -0.623. The topological polar surface area (TPSA) is 555 Å². The van der Waals surface area contributed by atoms with E-state index in [9.17, 15) is 35.3 Å². The average molecular weight is 2200 g/mol. The normalized spacial score (nSPS) is 12.3. The van der Waals surface area contributed by atoms with Gasteiger partial charge in [0.25, 0.3) is 5.56 Å². The fourth-order valence-electron chi connectivity index (χ4n) is 16.3. The van der Waals surface area contributed by atoms with Gasteiger partial charge in [-0.25, -0.2) is 4.68 Å². The predicted molar refractivity (Wildman–Crippen MR) is 578 cm³/mol. The third kappa shape index (κ3) is 26.1. The third-order valence-corrected chi connectivity index (χ3v) is 25.4. The number of tetrazole rings is 5. The number of nitrogens with one attached hydrogen (secondary N) is 6. The Morgan fingerprint density at radius 1 is 0.450 bits per heavy atom. The molecule has 0 unspecified atom stereocenters. The van der Waals surface area contributed by atoms with Crippen LogP contribution in [0.4, 0.5) is 22.7 Å². The first kappa shape index (κ1) is 105. The number of benzene rings is 14. The number of hydrogen-bond acceptors (Lipinski definition) is 30. The van der Waals surface area contributed by atoms with Crippen LogP contribution in [0.5, 0.6) is 28.7 Å². The number of aromatic amines is 6. The second-order valence-corrected chi connectivity index (χ2v) is 37.3. The largest absolute Gasteiger partial charge is 0.507 e. The van der Waals surface area contributed by atoms with Crippen molar-refractivity contribution in [1.29, 1.82) is 5.26 Å². The number of phenolic OH excluding ortho intramolecular Hbond substituents is 4. The van der Waals surface area contributed by atoms with Crippen LogP contribution in [0.25, 0.3) is 118 Å². The van der Waals surface area contributed by atoms with Crippen molar-refractivity contribution in [3.63, 3.8) is 0 Å². The molecule has 0 saturated heterocycles. The third-order valence-electron chi connectivity index (χ3n) is 24.0. The molecule has 0 fully saturated rings. The Kier molecular flexibility index (Phi) is 34.5. The molecule has 0 amide bonds. The van der Waals surface area contributed by atoms with Crippen molar-refractivity contribution < 1.29 is 30.1 Å². The number of nitrogens with zero attached hydrogens (tertiary/aromatic N) is 23. The number of nitrogen functional groups attached to an aromatic ring is 1. The van der Waals surface area contributed by atoms with E-state index in [4.69, 9.17) is 15.7 Å². The van der Waals surface area contributed by atoms with Gasteiger partial charge in [0.15, 0.2) is 11.4 Å². The first-order chi connectivity index (χ1) is 71.7. The number of nitrogens with two attached hydrogens (primary N) is 1. The van der Waals surface area contributed by atoms with Crippen molar-refractivity contribution in [3.05, 3.63) is 382 Å². The van der Waals surface area contributed by atoms with Crippen LogP contribution in [0.3, 0.4) is 0 Å². The Hall–Kier alpha value is -18.3. The van der Waals surface area contributed by atoms with Crippen molar-refractivity contribution in [3.8, 4) is 153 Å². The van der Waals surface area contributed by atoms with E-state index < -0.39 is 4.92 Å². The van der Waals surface area contributed by atoms with Gasteiger partial charge in [0.1, 0.15) is 29.5 Å². The number of halogens is 4. The molecular weight excluding hydrogens is 2110 g/mol. The molecule has 6 aromatic heterocycles. The van der Waals surface area contributed by atoms with E-state index in [2.05, 4.69) is 240 Å². The Morgan fingerprint density at radius 2 is 0.859 bits per heavy atom. The van der Waals surface area contributed by atoms with Gasteiger partial charge in [-0.15, -0.1) is 78.7 Å². The summed E-state index contributed by atoms with van der Waals surface area (Å²) in [7, 11) is 1.67. The Labute approximate surface area is 882 Å². The van der Waals surface area contributed by atoms with E-state index in [1.165, 1.54) is 56.4 Å². The standard InChI is InChI=1S/C29H27N7O2.C14H12N4O.C13H9N5O3.C13H11N5O.C13H10N4O.C11H13Br.C7H5BrN4.C7H4BrN.ClH/c1-17-26(28(38)36(34-17)21-11-10-18-12-13-29(2,3)23(18)15-21)33-31-24-9-5-8-22(27(24)37)19-6-4-7-20(14-19)25-16-30-35-32-25;1-19-13-8-3-2-7-12(13)10-5-4-6-11(9-10)14-15-17-18-16-14;19-12-10(5-2-6-11(12)18(20)21)8-3-1-4-9(7-8)13-14-16-17-15-13;14-11-6-2-5-10(12(11)19)8-3-1-4-9(7-8)13-15-17-18-16-13;18-12-7-2-1-6-11(12)9-4-3-5-10(8-9)13-14-16-17-15-13;1-11(2)6-5-8-3-4-9(12)7-10(8)11;8-6-3-1-2-5(4-6)7-9-11-12-10-7;8-7-3-1-2-6(4-7)5-9;/h4-11,14-15,34,37H,12-13,16H2,1-3H3;2-9H,1H3,(H,15,16,17,18);1-7,19H,(H,14,15,16,17);1-7,19H,14H2,(H,15,16,17,18);1-8,18H,(H,14,15,16,17);3-4,7H,5-6H2,1-2H3;1-4H,(H,9,10,11,12);1-4H;1H. The maximum atomic E-state index is 13.3. The molecule has 7 heterocycles. The van der Waals surface area contributed by atoms with Crippen molar-refractivity contribution in [2.24, 2.45) is 25.7 Å². The number of rotatable bonds is 16. The van der Waals surface area contributed by atoms with Gasteiger partial charge in [-0.1, -0.05) is 270 Å². The number of methoxy groups -OCH3 is 1. The predicted octanol–water partition coefficient (Wildman–Crippen LogP) is 23.5. The van der Waals surface area contributed by atoms with Gasteiger partial charge in [-0.2, -0.15) is 36.4 Å². The molecule has 23 rings (SSSR count). The summed E-state index contributed by atoms with van der Waals surface area (Å²) in [4.78, 5) is 23.5. The summed E-state index contributed by atoms with van der Waals surface area (Å²) in [5.41, 5.74) is 27.6. The SMILES string of the molecule is Brc1cccc(-c2nn[nH]n2)c1.CC1(C)CCc2ccc(Br)cc21.COc1ccccc1-c1cccc(-c2nn[nH]n2)c1.Cc1[nH]n(-c2ccc3c(c2)C(C)(C)CC3)c(=O)c1N=Nc1cccc(-c2cccc(C3=NN=NC3)c2)c1O.Cl.N#Cc1cccc(Br)c1.Nc1cccc(-c2cccc(-c3nn[nH]n3)c2)c1O.O=[N+]([O-])c1cccc(-c2cccc(-c3nn[nH]n3)c2)c1O.Oc1ccccc1-c1cccc(-c2nn[nH]n2)c1. The number of nitriles is 1. The fourth-order valence-corrected chi connectivity index (χ4v) is 17.5. The molecular formula is C107H92Br3ClN30O8. The molecule has 0 spiro atoms. The maximum Gasteiger partial charge on any atom is 0.311 e. The van der Waals surface area contributed by atoms with Crippen LogP contribution < -0.4 is 16.0 Å². The Bertz CT molecular complexity index is 8250. The molecule has 3 aliphatic rings. The van der Waals surface area contributed by atoms with Crippen LogP contribution in [0, 0.1) is 28.4 Å². The lowest BCUT2D eigenvalue weighted by Gasteiger charge is -2.19. The number of aryl methyl sites for hydroxylation is 3. The summed E-state index contributed by atoms with van der Waals surface area (Å²) < 4.78 is 10.0. The first-order valence-corrected chi connectivity index (χ1v) is 48.1. The number of para-hydroxylation sites is 5. The van der Waals surface area contributed by atoms with Crippen LogP contribution in [0.15, 0.2) is 353 Å². The second kappa shape index (κ2) is 48.9. The first-order valence-electron chi connectivity index (χ1n) is 45.7. The smallest absolute Gasteiger partial charge is 0.311 e. The van der Waals surface area contributed by atoms with E-state index in [0.717, 1.165) is 100 Å². The minimum Gasteiger partial charge on any atom is -0.507 e. The van der Waals surface area contributed by atoms with Gasteiger partial charge in [0, 0.05) is 80.7 Å². The van der Waals surface area contributed by atoms with E-state index in [-0.39, 0.29) is 63.4 Å². The zero-order valence-electron chi connectivity index (χ0n) is 80.3. The van der Waals surface area contributed by atoms with Crippen LogP contribution in [0.1, 0.15) is 79.6 Å². The van der Waals surface area contributed by atoms with E-state index in [0.29, 0.717) is 85.8 Å². The molecule has 42 heteroatoms. The minimum absolute atomic E-state index is 0. The summed E-state index contributed by atoms with van der Waals surface area (Å²) in [6, 6.07) is 97.6. The molecule has 0 saturated carbocycles. The quantitative estimate of drug-likeness (QED) is 0.0141. The van der Waals surface area contributed by atoms with Gasteiger partial charge in [-0.3, -0.25) is 20.0 Å². The lowest BCUT2D eigenvalue weighted by molar-refractivity contribution is -0.385. The zero-order valence-corrected chi connectivity index (χ0v) is 85.9. The molecule has 12 N–H and O–H groups in total. The fraction of sp³-hybridized carbons (Fsp3) is 0.121. The van der Waals surface area contributed by atoms with Gasteiger partial charge < -0.3 is 30.9 Å². The monoisotopic (exact) mass is 2200 g/mol. The van der Waals surface area contributed by atoms with Crippen LogP contribution in [-0.2, 0) is 23.7 Å². The summed E-state index contributed by atoms with van der Waals surface area (Å²) >= 11 is 10.1. The van der Waals surface area contributed by atoms with Gasteiger partial charge in [0.2, 0.25) is 34.9 Å². The molecule has 149 heavy (non-hydrogen) atoms. The lowest BCUT2D eigenvalue weighted by Crippen LogP contribution is -2.16. The zero-order chi connectivity index (χ0) is 104. The number of azo groups is 1. The molecule has 0 atom stereocenters. The average Bonchev–Trinajstić information content (AvgIpc) is 1.63. The van der Waals surface area contributed by atoms with Crippen molar-refractivity contribution in [2.45, 2.75) is 71.1 Å². The lowest BCUT2D eigenvalue weighted by atomic mass is 9.86. The number of nitro benzene ring substituents is 1. The van der Waals surface area contributed by atoms with E-state index in [1.54, 1.807) is 99.0 Å². The highest BCUT2D eigenvalue weighted by atomic mass is 79.9. The van der Waals surface area contributed by atoms with E-state index >= 15 is 0 Å². The molecule has 746 valence electrons. The highest BCUT2D eigenvalue weighted by Crippen LogP contribution is 2.45. The van der Waals surface area contributed by atoms with Gasteiger partial charge in [-0.05, 0) is 234 Å². The summed E-state index contributed by atoms with van der Waals surface area (Å²) in [6.07, 6.45) is 4.68. The molecule has 0 bridgehead atoms. The molecule has 38 nitrogen and oxygen atoms in total. The highest BCUT2D eigenvalue weighted by molar-refractivity contribution is 9.11. The molecule has 20 aromatic rings. The number of aromatic hydroxyl groups is 4. The number of ether oxygens (including phenoxy) is 1. The molecule has 2 aliphatic carbocycles. The Morgan fingerprint density at radius 3 is 1.34 bits per heavy atom. The maximum absolute atomic E-state index is 13.3. The van der Waals surface area contributed by atoms with E-state index in [1.807, 2.05) is 188 Å². The van der Waals surface area contributed by atoms with Crippen molar-refractivity contribution >= 4 is 88.7 Å². The molecule has 1 aliphatic heterocycles. The summed E-state index contributed by atoms with van der Waals surface area (Å²) in [6.45, 7) is 11.3. The van der Waals surface area contributed by atoms with Crippen LogP contribution >= 0.6 is 60.2 Å². The summed E-state index contributed by atoms with van der Waals surface area (Å²) in [5.74, 6) is 3.41. The number of nitro groups is 1. The number of hydrogen-bond donors (Lipinski definition) is 11. The van der Waals surface area contributed by atoms with Crippen molar-refractivity contribution in [2.75, 3.05) is 19.4 Å². The number of aromatic nitrogens is 22. The molecule has 0 radical (unpaired) electrons. The van der Waals surface area contributed by atoms with Crippen molar-refractivity contribution in [1.82, 2.24) is 113 Å². The van der Waals surface area contributed by atoms with Crippen LogP contribution in [0.2, 0.25) is 0 Å². The molecule has 14 aromatic carbocycles. The number of anilines is 1. The van der Waals surface area contributed by atoms with Crippen LogP contribution in [-0.4, -0.2) is 158 Å². The van der Waals surface area contributed by atoms with Gasteiger partial charge >= 0.3 is 5.69 Å². The number of H-pyrrole nitrogens is 6. The number of phenols is 4. The van der Waals surface area contributed by atoms with Gasteiger partial charge in [0.05, 0.1) is 46.4 Å². The highest BCUT2D eigenvalue weighted by Gasteiger charge is 2.32. The number of fused-ring (bicyclic) bond motifs is 2.